The monoisotopic (exact) mass is 384 g/mol. The Bertz CT molecular complexity index is 731. The first-order valence-electron chi connectivity index (χ1n) is 9.30. The van der Waals surface area contributed by atoms with Crippen LogP contribution in [-0.2, 0) is 10.2 Å². The van der Waals surface area contributed by atoms with Crippen LogP contribution in [0.2, 0.25) is 0 Å². The Morgan fingerprint density at radius 1 is 1.04 bits per heavy atom. The molecule has 0 bridgehead atoms. The van der Waals surface area contributed by atoms with Crippen molar-refractivity contribution < 1.29 is 8.42 Å². The number of nitrogens with zero attached hydrogens (tertiary/aromatic N) is 2. The Kier molecular flexibility index (Phi) is 5.19. The number of rotatable bonds is 2. The molecular weight excluding hydrogens is 348 g/mol. The number of hydrogen-bond donors (Lipinski definition) is 2. The standard InChI is InChI=1S/C19H36N4O2S/c1-17(2,3)14-13-10-12(22-26(20,24)25)11-23(13)16(19(7,8)9)21-15(14)18(4,5)6/h12,15,22H,10-11H2,1-9H3,(H2,20,24,25)/t12-,15-/m1/s1. The molecule has 26 heavy (non-hydrogen) atoms. The van der Waals surface area contributed by atoms with Crippen LogP contribution in [0, 0.1) is 16.2 Å². The zero-order valence-electron chi connectivity index (χ0n) is 17.8. The van der Waals surface area contributed by atoms with E-state index >= 15 is 0 Å². The molecule has 0 unspecified atom stereocenters. The summed E-state index contributed by atoms with van der Waals surface area (Å²) in [4.78, 5) is 7.45. The molecule has 6 nitrogen and oxygen atoms in total. The second-order valence-corrected chi connectivity index (χ2v) is 12.1. The van der Waals surface area contributed by atoms with Gasteiger partial charge in [0.1, 0.15) is 5.84 Å². The lowest BCUT2D eigenvalue weighted by Crippen LogP contribution is -2.48. The summed E-state index contributed by atoms with van der Waals surface area (Å²) >= 11 is 0. The van der Waals surface area contributed by atoms with Gasteiger partial charge >= 0.3 is 0 Å². The van der Waals surface area contributed by atoms with Gasteiger partial charge in [-0.25, -0.2) is 5.14 Å². The Hall–Kier alpha value is -0.920. The highest BCUT2D eigenvalue weighted by Crippen LogP contribution is 2.47. The summed E-state index contributed by atoms with van der Waals surface area (Å²) in [6.07, 6.45) is 0.644. The molecule has 0 radical (unpaired) electrons. The van der Waals surface area contributed by atoms with Gasteiger partial charge in [-0.1, -0.05) is 62.3 Å². The minimum absolute atomic E-state index is 0.0241. The molecule has 1 saturated heterocycles. The number of nitrogens with two attached hydrogens (primary N) is 1. The maximum atomic E-state index is 11.6. The smallest absolute Gasteiger partial charge is 0.274 e. The van der Waals surface area contributed by atoms with Crippen molar-refractivity contribution in [3.05, 3.63) is 11.3 Å². The van der Waals surface area contributed by atoms with E-state index in [4.69, 9.17) is 10.1 Å². The minimum atomic E-state index is -3.74. The molecule has 0 aliphatic carbocycles. The van der Waals surface area contributed by atoms with Gasteiger partial charge in [-0.05, 0) is 16.4 Å². The summed E-state index contributed by atoms with van der Waals surface area (Å²) in [5.41, 5.74) is 2.29. The van der Waals surface area contributed by atoms with Gasteiger partial charge in [-0.2, -0.15) is 13.1 Å². The third kappa shape index (κ3) is 4.49. The van der Waals surface area contributed by atoms with E-state index in [1.54, 1.807) is 0 Å². The first-order chi connectivity index (χ1) is 11.4. The number of amidine groups is 1. The highest BCUT2D eigenvalue weighted by Gasteiger charge is 2.46. The molecule has 2 aliphatic rings. The topological polar surface area (TPSA) is 87.8 Å². The van der Waals surface area contributed by atoms with E-state index in [1.807, 2.05) is 0 Å². The molecule has 3 N–H and O–H groups in total. The van der Waals surface area contributed by atoms with Crippen molar-refractivity contribution in [1.82, 2.24) is 9.62 Å². The molecule has 1 fully saturated rings. The van der Waals surface area contributed by atoms with Crippen LogP contribution in [0.1, 0.15) is 68.7 Å². The second-order valence-electron chi connectivity index (χ2n) is 10.8. The van der Waals surface area contributed by atoms with Crippen LogP contribution in [0.3, 0.4) is 0 Å². The quantitative estimate of drug-likeness (QED) is 0.767. The van der Waals surface area contributed by atoms with Crippen LogP contribution in [-0.4, -0.2) is 37.8 Å². The van der Waals surface area contributed by atoms with Gasteiger partial charge in [0, 0.05) is 30.1 Å². The zero-order chi connectivity index (χ0) is 20.3. The number of hydrogen-bond acceptors (Lipinski definition) is 4. The Balaban J connectivity index is 2.64. The van der Waals surface area contributed by atoms with Gasteiger partial charge in [0.2, 0.25) is 0 Å². The first-order valence-corrected chi connectivity index (χ1v) is 10.9. The van der Waals surface area contributed by atoms with Crippen LogP contribution in [0.15, 0.2) is 16.3 Å². The van der Waals surface area contributed by atoms with E-state index in [0.717, 1.165) is 5.84 Å². The molecule has 2 heterocycles. The largest absolute Gasteiger partial charge is 0.332 e. The van der Waals surface area contributed by atoms with E-state index < -0.39 is 10.2 Å². The molecule has 2 rings (SSSR count). The van der Waals surface area contributed by atoms with Crippen LogP contribution in [0.5, 0.6) is 0 Å². The van der Waals surface area contributed by atoms with Crippen LogP contribution in [0.4, 0.5) is 0 Å². The fraction of sp³-hybridized carbons (Fsp3) is 0.842. The molecular formula is C19H36N4O2S. The van der Waals surface area contributed by atoms with Crippen molar-refractivity contribution in [1.29, 1.82) is 0 Å². The molecule has 7 heteroatoms. The van der Waals surface area contributed by atoms with Gasteiger partial charge in [0.15, 0.2) is 0 Å². The molecule has 2 atom stereocenters. The highest BCUT2D eigenvalue weighted by atomic mass is 32.2. The maximum absolute atomic E-state index is 11.6. The summed E-state index contributed by atoms with van der Waals surface area (Å²) < 4.78 is 25.7. The van der Waals surface area contributed by atoms with Crippen LogP contribution in [0.25, 0.3) is 0 Å². The third-order valence-electron chi connectivity index (χ3n) is 4.89. The number of fused-ring (bicyclic) bond motifs is 1. The first kappa shape index (κ1) is 21.4. The Labute approximate surface area is 159 Å². The highest BCUT2D eigenvalue weighted by molar-refractivity contribution is 7.87. The summed E-state index contributed by atoms with van der Waals surface area (Å²) in [5, 5.41) is 5.24. The molecule has 0 amide bonds. The Morgan fingerprint density at radius 3 is 1.96 bits per heavy atom. The molecule has 0 spiro atoms. The van der Waals surface area contributed by atoms with E-state index in [-0.39, 0.29) is 28.3 Å². The van der Waals surface area contributed by atoms with Gasteiger partial charge in [-0.15, -0.1) is 0 Å². The predicted molar refractivity (Wildman–Crippen MR) is 108 cm³/mol. The third-order valence-corrected chi connectivity index (χ3v) is 5.55. The fourth-order valence-corrected chi connectivity index (χ4v) is 4.62. The van der Waals surface area contributed by atoms with Gasteiger partial charge in [0.05, 0.1) is 6.04 Å². The summed E-state index contributed by atoms with van der Waals surface area (Å²) in [6, 6.07) is -0.167. The van der Waals surface area contributed by atoms with Gasteiger partial charge < -0.3 is 4.90 Å². The van der Waals surface area contributed by atoms with Crippen molar-refractivity contribution in [2.45, 2.75) is 80.8 Å². The Morgan fingerprint density at radius 2 is 1.58 bits per heavy atom. The molecule has 2 aliphatic heterocycles. The second kappa shape index (κ2) is 6.31. The predicted octanol–water partition coefficient (Wildman–Crippen LogP) is 3.03. The lowest BCUT2D eigenvalue weighted by atomic mass is 9.70. The van der Waals surface area contributed by atoms with Crippen molar-refractivity contribution >= 4 is 16.0 Å². The molecule has 0 aromatic carbocycles. The van der Waals surface area contributed by atoms with Crippen molar-refractivity contribution in [2.75, 3.05) is 6.54 Å². The number of nitrogens with one attached hydrogen (secondary N) is 1. The minimum Gasteiger partial charge on any atom is -0.332 e. The normalized spacial score (nSPS) is 25.5. The van der Waals surface area contributed by atoms with Crippen LogP contribution >= 0.6 is 0 Å². The average molecular weight is 385 g/mol. The van der Waals surface area contributed by atoms with Gasteiger partial charge in [0.25, 0.3) is 10.2 Å². The van der Waals surface area contributed by atoms with Crippen molar-refractivity contribution in [3.8, 4) is 0 Å². The molecule has 0 saturated carbocycles. The van der Waals surface area contributed by atoms with Crippen LogP contribution < -0.4 is 9.86 Å². The van der Waals surface area contributed by atoms with E-state index in [2.05, 4.69) is 71.9 Å². The molecule has 0 aromatic heterocycles. The summed E-state index contributed by atoms with van der Waals surface area (Å²) in [6.45, 7) is 20.3. The maximum Gasteiger partial charge on any atom is 0.274 e. The van der Waals surface area contributed by atoms with E-state index in [0.29, 0.717) is 13.0 Å². The summed E-state index contributed by atoms with van der Waals surface area (Å²) in [7, 11) is -3.74. The lowest BCUT2D eigenvalue weighted by molar-refractivity contribution is 0.285. The summed E-state index contributed by atoms with van der Waals surface area (Å²) in [5.74, 6) is 1.03. The molecule has 150 valence electrons. The van der Waals surface area contributed by atoms with Gasteiger partial charge in [-0.3, -0.25) is 4.99 Å². The molecule has 0 aromatic rings. The zero-order valence-corrected chi connectivity index (χ0v) is 18.6. The average Bonchev–Trinajstić information content (AvgIpc) is 2.72. The lowest BCUT2D eigenvalue weighted by Gasteiger charge is -2.45. The van der Waals surface area contributed by atoms with E-state index in [1.165, 1.54) is 11.3 Å². The SMILES string of the molecule is CC(C)(C)C1=N[C@@H](C(C)(C)C)C(C(C)(C)C)=C2C[C@@H](NS(N)(=O)=O)CN12. The fourth-order valence-electron chi connectivity index (χ4n) is 4.00. The van der Waals surface area contributed by atoms with Crippen molar-refractivity contribution in [2.24, 2.45) is 26.4 Å². The van der Waals surface area contributed by atoms with Crippen molar-refractivity contribution in [3.63, 3.8) is 0 Å². The number of aliphatic imine (C=N–C) groups is 1. The van der Waals surface area contributed by atoms with E-state index in [9.17, 15) is 8.42 Å².